The highest BCUT2D eigenvalue weighted by Gasteiger charge is 2.15. The van der Waals surface area contributed by atoms with Crippen molar-refractivity contribution in [3.05, 3.63) is 36.0 Å². The molecule has 0 bridgehead atoms. The molecule has 0 aliphatic rings. The van der Waals surface area contributed by atoms with Crippen LogP contribution in [-0.2, 0) is 0 Å². The minimum atomic E-state index is -0.948. The number of rotatable bonds is 7. The van der Waals surface area contributed by atoms with Crippen molar-refractivity contribution in [2.24, 2.45) is 0 Å². The number of unbranched alkanes of at least 4 members (excludes halogenated alkanes) is 2. The Kier molecular flexibility index (Phi) is 5.14. The van der Waals surface area contributed by atoms with Gasteiger partial charge in [0.05, 0.1) is 11.2 Å². The molecule has 1 heterocycles. The van der Waals surface area contributed by atoms with Crippen LogP contribution in [0.1, 0.15) is 49.9 Å². The first-order valence-corrected chi connectivity index (χ1v) is 7.51. The van der Waals surface area contributed by atoms with Crippen molar-refractivity contribution in [3.8, 4) is 0 Å². The molecule has 1 unspecified atom stereocenters. The maximum atomic E-state index is 11.4. The quantitative estimate of drug-likeness (QED) is 0.744. The maximum absolute atomic E-state index is 11.4. The Bertz CT molecular complexity index is 625. The van der Waals surface area contributed by atoms with E-state index in [4.69, 9.17) is 0 Å². The summed E-state index contributed by atoms with van der Waals surface area (Å²) in [5, 5.41) is 13.6. The van der Waals surface area contributed by atoms with E-state index in [0.29, 0.717) is 5.69 Å². The maximum Gasteiger partial charge on any atom is 0.339 e. The average molecular weight is 286 g/mol. The Balaban J connectivity index is 2.31. The molecule has 1 aromatic carbocycles. The van der Waals surface area contributed by atoms with Gasteiger partial charge >= 0.3 is 5.97 Å². The number of para-hydroxylation sites is 1. The SMILES string of the molecule is CCCCCC(C)Nc1c(C(=O)O)cnc2ccccc12. The number of pyridine rings is 1. The number of aromatic nitrogens is 1. The van der Waals surface area contributed by atoms with E-state index in [1.165, 1.54) is 19.0 Å². The van der Waals surface area contributed by atoms with E-state index in [-0.39, 0.29) is 11.6 Å². The van der Waals surface area contributed by atoms with Gasteiger partial charge in [-0.1, -0.05) is 44.4 Å². The zero-order chi connectivity index (χ0) is 15.2. The number of fused-ring (bicyclic) bond motifs is 1. The molecule has 0 aliphatic carbocycles. The van der Waals surface area contributed by atoms with E-state index >= 15 is 0 Å². The second kappa shape index (κ2) is 7.07. The number of hydrogen-bond donors (Lipinski definition) is 2. The van der Waals surface area contributed by atoms with E-state index in [2.05, 4.69) is 24.1 Å². The highest BCUT2D eigenvalue weighted by Crippen LogP contribution is 2.27. The summed E-state index contributed by atoms with van der Waals surface area (Å²) in [4.78, 5) is 15.7. The second-order valence-electron chi connectivity index (χ2n) is 5.41. The van der Waals surface area contributed by atoms with Crippen LogP contribution >= 0.6 is 0 Å². The number of carboxylic acids is 1. The molecule has 0 amide bonds. The number of aromatic carboxylic acids is 1. The van der Waals surface area contributed by atoms with Crippen LogP contribution in [0.25, 0.3) is 10.9 Å². The number of benzene rings is 1. The summed E-state index contributed by atoms with van der Waals surface area (Å²) in [5.74, 6) is -0.948. The monoisotopic (exact) mass is 286 g/mol. The van der Waals surface area contributed by atoms with Crippen LogP contribution in [0.4, 0.5) is 5.69 Å². The third-order valence-electron chi connectivity index (χ3n) is 3.64. The number of nitrogens with zero attached hydrogens (tertiary/aromatic N) is 1. The standard InChI is InChI=1S/C17H22N2O2/c1-3-4-5-8-12(2)19-16-13-9-6-7-10-15(13)18-11-14(16)17(20)21/h6-7,9-12H,3-5,8H2,1-2H3,(H,18,19)(H,20,21). The van der Waals surface area contributed by atoms with Gasteiger partial charge < -0.3 is 10.4 Å². The Labute approximate surface area is 125 Å². The molecule has 112 valence electrons. The third kappa shape index (κ3) is 3.72. The van der Waals surface area contributed by atoms with Gasteiger partial charge in [-0.05, 0) is 19.4 Å². The minimum Gasteiger partial charge on any atom is -0.478 e. The molecule has 2 rings (SSSR count). The van der Waals surface area contributed by atoms with Crippen LogP contribution in [0.3, 0.4) is 0 Å². The topological polar surface area (TPSA) is 62.2 Å². The Morgan fingerprint density at radius 3 is 2.81 bits per heavy atom. The van der Waals surface area contributed by atoms with E-state index in [9.17, 15) is 9.90 Å². The van der Waals surface area contributed by atoms with Gasteiger partial charge in [-0.25, -0.2) is 4.79 Å². The molecule has 4 heteroatoms. The highest BCUT2D eigenvalue weighted by atomic mass is 16.4. The van der Waals surface area contributed by atoms with Gasteiger partial charge in [0.1, 0.15) is 5.56 Å². The van der Waals surface area contributed by atoms with Crippen molar-refractivity contribution in [1.82, 2.24) is 4.98 Å². The van der Waals surface area contributed by atoms with Gasteiger partial charge in [0.15, 0.2) is 0 Å². The highest BCUT2D eigenvalue weighted by molar-refractivity contribution is 6.04. The zero-order valence-electron chi connectivity index (χ0n) is 12.6. The largest absolute Gasteiger partial charge is 0.478 e. The Hall–Kier alpha value is -2.10. The van der Waals surface area contributed by atoms with Crippen LogP contribution in [0, 0.1) is 0 Å². The number of anilines is 1. The second-order valence-corrected chi connectivity index (χ2v) is 5.41. The van der Waals surface area contributed by atoms with Crippen LogP contribution < -0.4 is 5.32 Å². The minimum absolute atomic E-state index is 0.232. The van der Waals surface area contributed by atoms with Crippen molar-refractivity contribution < 1.29 is 9.90 Å². The first-order chi connectivity index (χ1) is 10.1. The molecule has 2 aromatic rings. The van der Waals surface area contributed by atoms with Crippen LogP contribution in [0.15, 0.2) is 30.5 Å². The van der Waals surface area contributed by atoms with Crippen molar-refractivity contribution in [2.45, 2.75) is 45.6 Å². The molecule has 21 heavy (non-hydrogen) atoms. The van der Waals surface area contributed by atoms with Gasteiger partial charge in [0, 0.05) is 17.6 Å². The van der Waals surface area contributed by atoms with Gasteiger partial charge in [-0.3, -0.25) is 4.98 Å². The summed E-state index contributed by atoms with van der Waals surface area (Å²) < 4.78 is 0. The molecule has 2 N–H and O–H groups in total. The van der Waals surface area contributed by atoms with Gasteiger partial charge in [0.2, 0.25) is 0 Å². The molecule has 0 spiro atoms. The number of carboxylic acid groups (broad SMARTS) is 1. The molecule has 0 saturated heterocycles. The van der Waals surface area contributed by atoms with Crippen molar-refractivity contribution in [3.63, 3.8) is 0 Å². The summed E-state index contributed by atoms with van der Waals surface area (Å²) in [7, 11) is 0. The number of nitrogens with one attached hydrogen (secondary N) is 1. The van der Waals surface area contributed by atoms with Gasteiger partial charge in [-0.2, -0.15) is 0 Å². The van der Waals surface area contributed by atoms with Crippen LogP contribution in [0.2, 0.25) is 0 Å². The summed E-state index contributed by atoms with van der Waals surface area (Å²) in [5.41, 5.74) is 1.72. The lowest BCUT2D eigenvalue weighted by molar-refractivity contribution is 0.0697. The normalized spacial score (nSPS) is 12.3. The first kappa shape index (κ1) is 15.3. The average Bonchev–Trinajstić information content (AvgIpc) is 2.47. The summed E-state index contributed by atoms with van der Waals surface area (Å²) >= 11 is 0. The zero-order valence-corrected chi connectivity index (χ0v) is 12.6. The summed E-state index contributed by atoms with van der Waals surface area (Å²) in [6.45, 7) is 4.27. The lowest BCUT2D eigenvalue weighted by Gasteiger charge is -2.18. The fourth-order valence-electron chi connectivity index (χ4n) is 2.48. The molecule has 0 saturated carbocycles. The predicted molar refractivity (Wildman–Crippen MR) is 85.9 cm³/mol. The van der Waals surface area contributed by atoms with Crippen molar-refractivity contribution in [1.29, 1.82) is 0 Å². The molecule has 1 atom stereocenters. The number of hydrogen-bond acceptors (Lipinski definition) is 3. The molecule has 0 fully saturated rings. The van der Waals surface area contributed by atoms with E-state index in [1.54, 1.807) is 0 Å². The van der Waals surface area contributed by atoms with E-state index in [0.717, 1.165) is 23.7 Å². The van der Waals surface area contributed by atoms with Crippen molar-refractivity contribution in [2.75, 3.05) is 5.32 Å². The Morgan fingerprint density at radius 2 is 2.10 bits per heavy atom. The summed E-state index contributed by atoms with van der Waals surface area (Å²) in [6, 6.07) is 7.86. The first-order valence-electron chi connectivity index (χ1n) is 7.51. The van der Waals surface area contributed by atoms with Gasteiger partial charge in [0.25, 0.3) is 0 Å². The predicted octanol–water partition coefficient (Wildman–Crippen LogP) is 4.31. The fourth-order valence-corrected chi connectivity index (χ4v) is 2.48. The molecule has 0 aliphatic heterocycles. The van der Waals surface area contributed by atoms with Crippen LogP contribution in [0.5, 0.6) is 0 Å². The van der Waals surface area contributed by atoms with E-state index in [1.807, 2.05) is 24.3 Å². The molecule has 4 nitrogen and oxygen atoms in total. The van der Waals surface area contributed by atoms with Gasteiger partial charge in [-0.15, -0.1) is 0 Å². The number of carbonyl (C=O) groups is 1. The van der Waals surface area contributed by atoms with E-state index < -0.39 is 5.97 Å². The Morgan fingerprint density at radius 1 is 1.33 bits per heavy atom. The third-order valence-corrected chi connectivity index (χ3v) is 3.64. The molecular weight excluding hydrogens is 264 g/mol. The lowest BCUT2D eigenvalue weighted by Crippen LogP contribution is -2.18. The fraction of sp³-hybridized carbons (Fsp3) is 0.412. The summed E-state index contributed by atoms with van der Waals surface area (Å²) in [6.07, 6.45) is 6.01. The van der Waals surface area contributed by atoms with Crippen LogP contribution in [-0.4, -0.2) is 22.1 Å². The van der Waals surface area contributed by atoms with Crippen molar-refractivity contribution >= 4 is 22.6 Å². The molecule has 1 aromatic heterocycles. The molecular formula is C17H22N2O2. The smallest absolute Gasteiger partial charge is 0.339 e. The molecule has 0 radical (unpaired) electrons. The lowest BCUT2D eigenvalue weighted by atomic mass is 10.1.